The van der Waals surface area contributed by atoms with Gasteiger partial charge in [0.25, 0.3) is 0 Å². The van der Waals surface area contributed by atoms with E-state index in [2.05, 4.69) is 6.07 Å². The molecule has 0 unspecified atom stereocenters. The van der Waals surface area contributed by atoms with E-state index in [1.165, 1.54) is 19.2 Å². The monoisotopic (exact) mass is 348 g/mol. The zero-order valence-corrected chi connectivity index (χ0v) is 15.2. The molecule has 0 bridgehead atoms. The van der Waals surface area contributed by atoms with Gasteiger partial charge >= 0.3 is 40.0 Å². The Morgan fingerprint density at radius 2 is 1.70 bits per heavy atom. The van der Waals surface area contributed by atoms with E-state index in [-0.39, 0.29) is 46.7 Å². The standard InChI is InChI=1S/C14H11O3.Na.H2O4S/c1-17-11-7-8-12(13(15)9-11)14(16)10-5-3-2-4-6-10;;1-5(2,3)4/h2-6,8-9,15H,1H3;;(H2,1,2,3,4)/q-1;+1;. The van der Waals surface area contributed by atoms with Crippen molar-refractivity contribution in [2.24, 2.45) is 0 Å². The fourth-order valence-corrected chi connectivity index (χ4v) is 1.51. The molecule has 9 heteroatoms. The van der Waals surface area contributed by atoms with Crippen molar-refractivity contribution in [3.05, 3.63) is 59.7 Å². The Kier molecular flexibility index (Phi) is 9.06. The van der Waals surface area contributed by atoms with Crippen LogP contribution in [0, 0.1) is 6.07 Å². The predicted molar refractivity (Wildman–Crippen MR) is 77.5 cm³/mol. The van der Waals surface area contributed by atoms with Crippen LogP contribution in [0.5, 0.6) is 11.5 Å². The molecule has 0 aliphatic carbocycles. The van der Waals surface area contributed by atoms with Gasteiger partial charge in [-0.05, 0) is 5.56 Å². The van der Waals surface area contributed by atoms with E-state index < -0.39 is 10.4 Å². The fraction of sp³-hybridized carbons (Fsp3) is 0.0714. The van der Waals surface area contributed by atoms with Gasteiger partial charge in [-0.1, -0.05) is 36.4 Å². The molecule has 0 saturated heterocycles. The molecule has 0 spiro atoms. The third-order valence-electron chi connectivity index (χ3n) is 2.40. The van der Waals surface area contributed by atoms with Gasteiger partial charge < -0.3 is 14.6 Å². The van der Waals surface area contributed by atoms with Gasteiger partial charge in [0.1, 0.15) is 5.78 Å². The van der Waals surface area contributed by atoms with E-state index in [4.69, 9.17) is 22.3 Å². The first-order valence-electron chi connectivity index (χ1n) is 5.80. The number of carbonyl (C=O) groups is 1. The zero-order valence-electron chi connectivity index (χ0n) is 12.4. The minimum atomic E-state index is -4.67. The summed E-state index contributed by atoms with van der Waals surface area (Å²) >= 11 is 0. The molecule has 7 nitrogen and oxygen atoms in total. The van der Waals surface area contributed by atoms with Crippen molar-refractivity contribution in [3.63, 3.8) is 0 Å². The van der Waals surface area contributed by atoms with Gasteiger partial charge in [-0.15, -0.1) is 6.07 Å². The Labute approximate surface area is 155 Å². The molecular weight excluding hydrogens is 335 g/mol. The second-order valence-electron chi connectivity index (χ2n) is 3.94. The van der Waals surface area contributed by atoms with Crippen LogP contribution < -0.4 is 34.3 Å². The molecule has 0 atom stereocenters. The van der Waals surface area contributed by atoms with Crippen LogP contribution in [0.2, 0.25) is 0 Å². The third kappa shape index (κ3) is 8.12. The number of ether oxygens (including phenoxy) is 1. The second kappa shape index (κ2) is 9.66. The van der Waals surface area contributed by atoms with E-state index in [0.717, 1.165) is 0 Å². The molecule has 0 fully saturated rings. The van der Waals surface area contributed by atoms with Crippen LogP contribution in [0.3, 0.4) is 0 Å². The molecule has 23 heavy (non-hydrogen) atoms. The number of phenolic OH excluding ortho intramolecular Hbond substituents is 1. The number of phenols is 1. The minimum absolute atomic E-state index is 0. The Morgan fingerprint density at radius 1 is 1.17 bits per heavy atom. The molecule has 2 aromatic rings. The summed E-state index contributed by atoms with van der Waals surface area (Å²) in [6.07, 6.45) is 0. The van der Waals surface area contributed by atoms with Crippen LogP contribution in [-0.2, 0) is 10.4 Å². The molecule has 118 valence electrons. The van der Waals surface area contributed by atoms with Gasteiger partial charge in [0.15, 0.2) is 0 Å². The van der Waals surface area contributed by atoms with Gasteiger partial charge in [0.05, 0.1) is 7.11 Å². The second-order valence-corrected chi connectivity index (χ2v) is 4.84. The summed E-state index contributed by atoms with van der Waals surface area (Å²) in [6, 6.07) is 14.4. The average molecular weight is 348 g/mol. The molecule has 0 saturated carbocycles. The summed E-state index contributed by atoms with van der Waals surface area (Å²) in [6.45, 7) is 0. The van der Waals surface area contributed by atoms with Crippen molar-refractivity contribution in [2.75, 3.05) is 7.11 Å². The summed E-state index contributed by atoms with van der Waals surface area (Å²) in [5.41, 5.74) is 0.748. The van der Waals surface area contributed by atoms with E-state index in [9.17, 15) is 9.90 Å². The maximum absolute atomic E-state index is 12.0. The first-order valence-corrected chi connectivity index (χ1v) is 7.20. The summed E-state index contributed by atoms with van der Waals surface area (Å²) in [7, 11) is -3.19. The first kappa shape index (κ1) is 21.6. The van der Waals surface area contributed by atoms with Gasteiger partial charge in [0, 0.05) is 17.1 Å². The smallest absolute Gasteiger partial charge is 0.533 e. The van der Waals surface area contributed by atoms with Crippen LogP contribution in [0.25, 0.3) is 0 Å². The van der Waals surface area contributed by atoms with Crippen LogP contribution >= 0.6 is 0 Å². The topological polar surface area (TPSA) is 121 Å². The van der Waals surface area contributed by atoms with Crippen molar-refractivity contribution >= 4 is 16.2 Å². The average Bonchev–Trinajstić information content (AvgIpc) is 2.45. The Bertz CT molecular complexity index is 737. The summed E-state index contributed by atoms with van der Waals surface area (Å²) in [5.74, 6) is 0.0589. The number of aromatic hydroxyl groups is 1. The third-order valence-corrected chi connectivity index (χ3v) is 2.40. The van der Waals surface area contributed by atoms with Gasteiger partial charge in [-0.25, -0.2) is 0 Å². The van der Waals surface area contributed by atoms with Crippen molar-refractivity contribution in [2.45, 2.75) is 0 Å². The molecule has 0 aliphatic rings. The first-order chi connectivity index (χ1) is 10.2. The number of ketones is 1. The molecular formula is C14H13NaO7S. The van der Waals surface area contributed by atoms with Gasteiger partial charge in [0.2, 0.25) is 0 Å². The molecule has 0 aromatic heterocycles. The van der Waals surface area contributed by atoms with E-state index in [1.54, 1.807) is 24.3 Å². The molecule has 2 rings (SSSR count). The number of hydrogen-bond acceptors (Lipinski definition) is 5. The van der Waals surface area contributed by atoms with Crippen molar-refractivity contribution in [1.29, 1.82) is 0 Å². The predicted octanol–water partition coefficient (Wildman–Crippen LogP) is -1.22. The Hall–Kier alpha value is -1.42. The normalized spacial score (nSPS) is 9.87. The van der Waals surface area contributed by atoms with E-state index >= 15 is 0 Å². The number of carbonyl (C=O) groups excluding carboxylic acids is 1. The molecule has 3 N–H and O–H groups in total. The molecule has 2 aromatic carbocycles. The zero-order chi connectivity index (χ0) is 16.8. The van der Waals surface area contributed by atoms with Crippen LogP contribution in [-0.4, -0.2) is 35.5 Å². The Balaban J connectivity index is 0.000000709. The van der Waals surface area contributed by atoms with E-state index in [0.29, 0.717) is 11.3 Å². The van der Waals surface area contributed by atoms with Gasteiger partial charge in [-0.2, -0.15) is 14.5 Å². The van der Waals surface area contributed by atoms with Crippen molar-refractivity contribution in [1.82, 2.24) is 0 Å². The number of rotatable bonds is 3. The molecule has 0 amide bonds. The van der Waals surface area contributed by atoms with Crippen LogP contribution in [0.4, 0.5) is 0 Å². The summed E-state index contributed by atoms with van der Waals surface area (Å²) in [4.78, 5) is 12.0. The molecule has 0 aliphatic heterocycles. The SMILES string of the molecule is COc1[c-]cc(C(=O)c2ccccc2)c(O)c1.O=S(=O)(O)O.[Na+]. The van der Waals surface area contributed by atoms with Gasteiger partial charge in [-0.3, -0.25) is 9.11 Å². The van der Waals surface area contributed by atoms with Crippen molar-refractivity contribution < 1.29 is 61.7 Å². The van der Waals surface area contributed by atoms with Crippen molar-refractivity contribution in [3.8, 4) is 11.5 Å². The largest absolute Gasteiger partial charge is 1.00 e. The summed E-state index contributed by atoms with van der Waals surface area (Å²) < 4.78 is 36.5. The number of hydrogen-bond donors (Lipinski definition) is 3. The van der Waals surface area contributed by atoms with Crippen LogP contribution in [0.1, 0.15) is 15.9 Å². The van der Waals surface area contributed by atoms with E-state index in [1.807, 2.05) is 6.07 Å². The maximum atomic E-state index is 12.0. The minimum Gasteiger partial charge on any atom is -0.533 e. The summed E-state index contributed by atoms with van der Waals surface area (Å²) in [5, 5.41) is 9.73. The number of benzene rings is 2. The quantitative estimate of drug-likeness (QED) is 0.275. The maximum Gasteiger partial charge on any atom is 1.00 e. The van der Waals surface area contributed by atoms with Crippen LogP contribution in [0.15, 0.2) is 42.5 Å². The molecule has 0 heterocycles. The molecule has 0 radical (unpaired) electrons. The number of methoxy groups -OCH3 is 1. The Morgan fingerprint density at radius 3 is 2.13 bits per heavy atom. The fourth-order valence-electron chi connectivity index (χ4n) is 1.51.